The SMILES string of the molecule is O=c1oc2ccccc2cc1-c1nc2c(Cl)cccc2s1. The Labute approximate surface area is 128 Å². The van der Waals surface area contributed by atoms with E-state index in [0.29, 0.717) is 26.7 Å². The Bertz CT molecular complexity index is 1040. The van der Waals surface area contributed by atoms with Gasteiger partial charge in [0.25, 0.3) is 0 Å². The molecule has 0 atom stereocenters. The lowest BCUT2D eigenvalue weighted by atomic mass is 10.2. The van der Waals surface area contributed by atoms with Gasteiger partial charge in [-0.15, -0.1) is 11.3 Å². The Hall–Kier alpha value is -2.17. The first kappa shape index (κ1) is 12.6. The number of rotatable bonds is 1. The molecule has 2 heterocycles. The van der Waals surface area contributed by atoms with E-state index in [-0.39, 0.29) is 5.63 Å². The zero-order valence-electron chi connectivity index (χ0n) is 10.7. The van der Waals surface area contributed by atoms with Crippen LogP contribution in [-0.4, -0.2) is 4.98 Å². The Morgan fingerprint density at radius 1 is 1.10 bits per heavy atom. The van der Waals surface area contributed by atoms with Crippen LogP contribution in [0.5, 0.6) is 0 Å². The number of benzene rings is 2. The van der Waals surface area contributed by atoms with E-state index in [9.17, 15) is 4.79 Å². The molecule has 21 heavy (non-hydrogen) atoms. The van der Waals surface area contributed by atoms with E-state index >= 15 is 0 Å². The minimum absolute atomic E-state index is 0.385. The van der Waals surface area contributed by atoms with Gasteiger partial charge in [-0.2, -0.15) is 0 Å². The van der Waals surface area contributed by atoms with E-state index in [2.05, 4.69) is 4.98 Å². The van der Waals surface area contributed by atoms with E-state index in [1.165, 1.54) is 11.3 Å². The highest BCUT2D eigenvalue weighted by Crippen LogP contribution is 2.33. The number of thiazole rings is 1. The van der Waals surface area contributed by atoms with Crippen molar-refractivity contribution in [2.75, 3.05) is 0 Å². The van der Waals surface area contributed by atoms with Crippen molar-refractivity contribution in [3.63, 3.8) is 0 Å². The fourth-order valence-corrected chi connectivity index (χ4v) is 3.51. The van der Waals surface area contributed by atoms with Crippen LogP contribution in [0.25, 0.3) is 31.8 Å². The van der Waals surface area contributed by atoms with Crippen molar-refractivity contribution >= 4 is 44.1 Å². The lowest BCUT2D eigenvalue weighted by Crippen LogP contribution is -2.02. The third kappa shape index (κ3) is 2.04. The molecule has 102 valence electrons. The molecule has 2 aromatic carbocycles. The third-order valence-electron chi connectivity index (χ3n) is 3.24. The fourth-order valence-electron chi connectivity index (χ4n) is 2.24. The van der Waals surface area contributed by atoms with Crippen LogP contribution in [0.4, 0.5) is 0 Å². The lowest BCUT2D eigenvalue weighted by Gasteiger charge is -1.98. The molecule has 3 nitrogen and oxygen atoms in total. The monoisotopic (exact) mass is 313 g/mol. The van der Waals surface area contributed by atoms with Gasteiger partial charge in [-0.25, -0.2) is 9.78 Å². The number of halogens is 1. The van der Waals surface area contributed by atoms with Crippen LogP contribution in [0.15, 0.2) is 57.7 Å². The number of fused-ring (bicyclic) bond motifs is 2. The van der Waals surface area contributed by atoms with Crippen LogP contribution >= 0.6 is 22.9 Å². The molecule has 2 aromatic heterocycles. The summed E-state index contributed by atoms with van der Waals surface area (Å²) >= 11 is 7.57. The molecule has 0 unspecified atom stereocenters. The van der Waals surface area contributed by atoms with Gasteiger partial charge >= 0.3 is 5.63 Å². The van der Waals surface area contributed by atoms with Crippen molar-refractivity contribution in [1.82, 2.24) is 4.98 Å². The topological polar surface area (TPSA) is 43.1 Å². The highest BCUT2D eigenvalue weighted by atomic mass is 35.5. The van der Waals surface area contributed by atoms with Gasteiger partial charge in [-0.3, -0.25) is 0 Å². The lowest BCUT2D eigenvalue weighted by molar-refractivity contribution is 0.563. The van der Waals surface area contributed by atoms with E-state index in [1.807, 2.05) is 36.4 Å². The van der Waals surface area contributed by atoms with Crippen LogP contribution in [-0.2, 0) is 0 Å². The summed E-state index contributed by atoms with van der Waals surface area (Å²) in [5, 5.41) is 2.08. The highest BCUT2D eigenvalue weighted by Gasteiger charge is 2.13. The average molecular weight is 314 g/mol. The van der Waals surface area contributed by atoms with E-state index in [1.54, 1.807) is 12.1 Å². The number of hydrogen-bond acceptors (Lipinski definition) is 4. The highest BCUT2D eigenvalue weighted by molar-refractivity contribution is 7.21. The summed E-state index contributed by atoms with van der Waals surface area (Å²) in [7, 11) is 0. The van der Waals surface area contributed by atoms with Gasteiger partial charge in [-0.1, -0.05) is 35.9 Å². The van der Waals surface area contributed by atoms with Crippen LogP contribution in [0.2, 0.25) is 5.02 Å². The predicted octanol–water partition coefficient (Wildman–Crippen LogP) is 4.72. The number of hydrogen-bond donors (Lipinski definition) is 0. The molecule has 0 aliphatic carbocycles. The van der Waals surface area contributed by atoms with Crippen molar-refractivity contribution in [2.24, 2.45) is 0 Å². The van der Waals surface area contributed by atoms with Gasteiger partial charge in [0.2, 0.25) is 0 Å². The summed E-state index contributed by atoms with van der Waals surface area (Å²) in [6.45, 7) is 0. The van der Waals surface area contributed by atoms with E-state index in [4.69, 9.17) is 16.0 Å². The molecule has 0 amide bonds. The summed E-state index contributed by atoms with van der Waals surface area (Å²) in [6, 6.07) is 14.8. The molecule has 0 aliphatic heterocycles. The molecule has 0 saturated carbocycles. The van der Waals surface area contributed by atoms with Gasteiger partial charge < -0.3 is 4.42 Å². The average Bonchev–Trinajstić information content (AvgIpc) is 2.92. The summed E-state index contributed by atoms with van der Waals surface area (Å²) < 4.78 is 6.30. The second-order valence-corrected chi connectivity index (χ2v) is 6.03. The van der Waals surface area contributed by atoms with Crippen LogP contribution in [0.3, 0.4) is 0 Å². The van der Waals surface area contributed by atoms with E-state index in [0.717, 1.165) is 10.1 Å². The summed E-state index contributed by atoms with van der Waals surface area (Å²) in [5.41, 5.74) is 1.37. The normalized spacial score (nSPS) is 11.3. The molecule has 0 radical (unpaired) electrons. The zero-order valence-corrected chi connectivity index (χ0v) is 12.2. The minimum atomic E-state index is -0.385. The van der Waals surface area contributed by atoms with Crippen molar-refractivity contribution in [3.8, 4) is 10.6 Å². The van der Waals surface area contributed by atoms with Crippen LogP contribution < -0.4 is 5.63 Å². The Morgan fingerprint density at radius 3 is 2.81 bits per heavy atom. The molecule has 0 N–H and O–H groups in total. The largest absolute Gasteiger partial charge is 0.422 e. The van der Waals surface area contributed by atoms with Gasteiger partial charge in [0.15, 0.2) is 0 Å². The summed E-state index contributed by atoms with van der Waals surface area (Å²) in [6.07, 6.45) is 0. The van der Waals surface area contributed by atoms with Crippen molar-refractivity contribution in [3.05, 3.63) is 64.0 Å². The number of nitrogens with zero attached hydrogens (tertiary/aromatic N) is 1. The maximum Gasteiger partial charge on any atom is 0.346 e. The first-order chi connectivity index (χ1) is 10.2. The van der Waals surface area contributed by atoms with Crippen LogP contribution in [0, 0.1) is 0 Å². The van der Waals surface area contributed by atoms with Crippen molar-refractivity contribution in [1.29, 1.82) is 0 Å². The maximum absolute atomic E-state index is 12.2. The molecule has 0 saturated heterocycles. The Balaban J connectivity index is 2.01. The van der Waals surface area contributed by atoms with Gasteiger partial charge in [0.05, 0.1) is 15.3 Å². The first-order valence-corrected chi connectivity index (χ1v) is 7.50. The molecule has 0 aliphatic rings. The Morgan fingerprint density at radius 2 is 1.95 bits per heavy atom. The number of aromatic nitrogens is 1. The molecular weight excluding hydrogens is 306 g/mol. The minimum Gasteiger partial charge on any atom is -0.422 e. The Kier molecular flexibility index (Phi) is 2.80. The standard InChI is InChI=1S/C16H8ClNO2S/c17-11-5-3-7-13-14(11)18-15(21-13)10-8-9-4-1-2-6-12(9)20-16(10)19/h1-8H. The zero-order chi connectivity index (χ0) is 14.4. The molecular formula is C16H8ClNO2S. The van der Waals surface area contributed by atoms with Crippen LogP contribution in [0.1, 0.15) is 0 Å². The maximum atomic E-state index is 12.2. The summed E-state index contributed by atoms with van der Waals surface area (Å²) in [5.74, 6) is 0. The molecule has 0 bridgehead atoms. The smallest absolute Gasteiger partial charge is 0.346 e. The van der Waals surface area contributed by atoms with Crippen molar-refractivity contribution in [2.45, 2.75) is 0 Å². The van der Waals surface area contributed by atoms with E-state index < -0.39 is 0 Å². The van der Waals surface area contributed by atoms with Gasteiger partial charge in [0, 0.05) is 5.39 Å². The molecule has 5 heteroatoms. The van der Waals surface area contributed by atoms with Crippen molar-refractivity contribution < 1.29 is 4.42 Å². The molecule has 4 rings (SSSR count). The van der Waals surface area contributed by atoms with Gasteiger partial charge in [-0.05, 0) is 24.3 Å². The van der Waals surface area contributed by atoms with Gasteiger partial charge in [0.1, 0.15) is 16.1 Å². The second-order valence-electron chi connectivity index (χ2n) is 4.59. The number of para-hydroxylation sites is 2. The quantitative estimate of drug-likeness (QED) is 0.477. The summed E-state index contributed by atoms with van der Waals surface area (Å²) in [4.78, 5) is 16.6. The molecule has 4 aromatic rings. The fraction of sp³-hybridized carbons (Fsp3) is 0. The molecule has 0 fully saturated rings. The predicted molar refractivity (Wildman–Crippen MR) is 86.1 cm³/mol. The molecule has 0 spiro atoms. The first-order valence-electron chi connectivity index (χ1n) is 6.31. The third-order valence-corrected chi connectivity index (χ3v) is 4.60. The second kappa shape index (κ2) is 4.69.